The molecule has 7 nitrogen and oxygen atoms in total. The minimum Gasteiger partial charge on any atom is -0.493 e. The van der Waals surface area contributed by atoms with Crippen molar-refractivity contribution in [2.45, 2.75) is 6.92 Å². The average Bonchev–Trinajstić information content (AvgIpc) is 3.09. The van der Waals surface area contributed by atoms with Crippen LogP contribution in [-0.4, -0.2) is 18.9 Å². The molecular formula is C23H18N2O5S. The predicted molar refractivity (Wildman–Crippen MR) is 120 cm³/mol. The lowest BCUT2D eigenvalue weighted by Gasteiger charge is -2.08. The Hall–Kier alpha value is -3.91. The maximum absolute atomic E-state index is 12.9. The number of hydrogen-bond acceptors (Lipinski definition) is 6. The van der Waals surface area contributed by atoms with Crippen LogP contribution >= 0.6 is 11.3 Å². The Labute approximate surface area is 181 Å². The second-order valence-corrected chi connectivity index (χ2v) is 7.97. The minimum absolute atomic E-state index is 0.191. The number of carbonyl (C=O) groups is 2. The fourth-order valence-corrected chi connectivity index (χ4v) is 4.50. The van der Waals surface area contributed by atoms with Crippen molar-refractivity contribution in [2.24, 2.45) is 5.73 Å². The van der Waals surface area contributed by atoms with Crippen LogP contribution in [0, 0.1) is 6.92 Å². The van der Waals surface area contributed by atoms with E-state index in [4.69, 9.17) is 14.9 Å². The third-order valence-corrected chi connectivity index (χ3v) is 5.83. The number of hydrogen-bond donors (Lipinski definition) is 2. The van der Waals surface area contributed by atoms with Crippen molar-refractivity contribution in [3.63, 3.8) is 0 Å². The summed E-state index contributed by atoms with van der Waals surface area (Å²) in [7, 11) is 1.46. The first-order valence-corrected chi connectivity index (χ1v) is 10.1. The van der Waals surface area contributed by atoms with Crippen LogP contribution in [0.3, 0.4) is 0 Å². The van der Waals surface area contributed by atoms with Crippen LogP contribution in [0.25, 0.3) is 22.1 Å². The molecule has 0 saturated heterocycles. The number of fused-ring (bicyclic) bond motifs is 1. The molecule has 0 aliphatic carbocycles. The molecule has 156 valence electrons. The van der Waals surface area contributed by atoms with Gasteiger partial charge in [-0.1, -0.05) is 42.5 Å². The monoisotopic (exact) mass is 434 g/mol. The zero-order valence-corrected chi connectivity index (χ0v) is 17.5. The highest BCUT2D eigenvalue weighted by atomic mass is 32.1. The first kappa shape index (κ1) is 20.4. The number of benzene rings is 2. The summed E-state index contributed by atoms with van der Waals surface area (Å²) in [4.78, 5) is 38.4. The van der Waals surface area contributed by atoms with Crippen molar-refractivity contribution in [2.75, 3.05) is 12.4 Å². The van der Waals surface area contributed by atoms with E-state index >= 15 is 0 Å². The zero-order chi connectivity index (χ0) is 22.1. The molecule has 0 atom stereocenters. The number of nitrogens with one attached hydrogen (secondary N) is 1. The Morgan fingerprint density at radius 3 is 2.52 bits per heavy atom. The molecule has 0 saturated carbocycles. The second-order valence-electron chi connectivity index (χ2n) is 6.75. The standard InChI is InChI=1S/C23H18N2O5S/c1-12-17(13-7-4-3-5-8-13)18(20(24)26)22(31-12)25-21(27)15-11-14-9-6-10-16(29-2)19(14)30-23(15)28/h3-11H,1-2H3,(H2,24,26)(H,25,27). The molecule has 4 aromatic rings. The van der Waals surface area contributed by atoms with E-state index < -0.39 is 17.4 Å². The van der Waals surface area contributed by atoms with E-state index in [1.807, 2.05) is 37.3 Å². The highest BCUT2D eigenvalue weighted by Gasteiger charge is 2.24. The van der Waals surface area contributed by atoms with Gasteiger partial charge in [0, 0.05) is 15.8 Å². The molecule has 8 heteroatoms. The van der Waals surface area contributed by atoms with E-state index in [0.29, 0.717) is 16.7 Å². The van der Waals surface area contributed by atoms with Crippen LogP contribution in [0.2, 0.25) is 0 Å². The Kier molecular flexibility index (Phi) is 5.31. The van der Waals surface area contributed by atoms with Crippen LogP contribution in [-0.2, 0) is 0 Å². The summed E-state index contributed by atoms with van der Waals surface area (Å²) in [6.45, 7) is 1.84. The summed E-state index contributed by atoms with van der Waals surface area (Å²) in [5.74, 6) is -0.977. The van der Waals surface area contributed by atoms with Crippen LogP contribution in [0.1, 0.15) is 25.6 Å². The van der Waals surface area contributed by atoms with Gasteiger partial charge in [-0.25, -0.2) is 4.79 Å². The fraction of sp³-hybridized carbons (Fsp3) is 0.0870. The van der Waals surface area contributed by atoms with E-state index in [0.717, 1.165) is 10.4 Å². The second kappa shape index (κ2) is 8.08. The predicted octanol–water partition coefficient (Wildman–Crippen LogP) is 4.19. The molecule has 4 rings (SSSR count). The van der Waals surface area contributed by atoms with Gasteiger partial charge in [0.1, 0.15) is 10.6 Å². The number of rotatable bonds is 5. The topological polar surface area (TPSA) is 112 Å². The summed E-state index contributed by atoms with van der Waals surface area (Å²) in [6.07, 6.45) is 0. The average molecular weight is 434 g/mol. The van der Waals surface area contributed by atoms with E-state index in [2.05, 4.69) is 5.32 Å². The summed E-state index contributed by atoms with van der Waals surface area (Å²) in [5, 5.41) is 3.47. The van der Waals surface area contributed by atoms with Crippen molar-refractivity contribution >= 4 is 39.1 Å². The van der Waals surface area contributed by atoms with Crippen LogP contribution in [0.5, 0.6) is 5.75 Å². The highest BCUT2D eigenvalue weighted by molar-refractivity contribution is 7.17. The lowest BCUT2D eigenvalue weighted by atomic mass is 10.0. The molecule has 0 radical (unpaired) electrons. The third kappa shape index (κ3) is 3.69. The van der Waals surface area contributed by atoms with Crippen molar-refractivity contribution in [3.05, 3.63) is 81.0 Å². The molecule has 0 fully saturated rings. The number of methoxy groups -OCH3 is 1. The number of carbonyl (C=O) groups excluding carboxylic acids is 2. The van der Waals surface area contributed by atoms with Crippen LogP contribution in [0.4, 0.5) is 5.00 Å². The molecule has 31 heavy (non-hydrogen) atoms. The fourth-order valence-electron chi connectivity index (χ4n) is 3.43. The Morgan fingerprint density at radius 2 is 1.84 bits per heavy atom. The largest absolute Gasteiger partial charge is 0.493 e. The van der Waals surface area contributed by atoms with Gasteiger partial charge in [-0.2, -0.15) is 0 Å². The lowest BCUT2D eigenvalue weighted by Crippen LogP contribution is -2.22. The number of thiophene rings is 1. The van der Waals surface area contributed by atoms with Gasteiger partial charge in [0.15, 0.2) is 11.3 Å². The van der Waals surface area contributed by atoms with Gasteiger partial charge < -0.3 is 20.2 Å². The zero-order valence-electron chi connectivity index (χ0n) is 16.7. The lowest BCUT2D eigenvalue weighted by molar-refractivity contribution is 0.100. The maximum atomic E-state index is 12.9. The SMILES string of the molecule is COc1cccc2cc(C(=O)Nc3sc(C)c(-c4ccccc4)c3C(N)=O)c(=O)oc12. The molecule has 0 aliphatic heterocycles. The van der Waals surface area contributed by atoms with Crippen molar-refractivity contribution in [3.8, 4) is 16.9 Å². The molecule has 0 unspecified atom stereocenters. The van der Waals surface area contributed by atoms with Gasteiger partial charge in [0.25, 0.3) is 11.8 Å². The first-order chi connectivity index (χ1) is 14.9. The molecular weight excluding hydrogens is 416 g/mol. The number of aryl methyl sites for hydroxylation is 1. The van der Waals surface area contributed by atoms with Gasteiger partial charge >= 0.3 is 5.63 Å². The highest BCUT2D eigenvalue weighted by Crippen LogP contribution is 2.39. The van der Waals surface area contributed by atoms with E-state index in [9.17, 15) is 14.4 Å². The number of para-hydroxylation sites is 1. The Bertz CT molecular complexity index is 1370. The van der Waals surface area contributed by atoms with Gasteiger partial charge in [0.2, 0.25) is 0 Å². The summed E-state index contributed by atoms with van der Waals surface area (Å²) < 4.78 is 10.5. The van der Waals surface area contributed by atoms with Crippen LogP contribution < -0.4 is 21.4 Å². The Balaban J connectivity index is 1.77. The number of primary amides is 1. The number of anilines is 1. The Morgan fingerprint density at radius 1 is 1.10 bits per heavy atom. The van der Waals surface area contributed by atoms with Crippen molar-refractivity contribution < 1.29 is 18.7 Å². The molecule has 3 N–H and O–H groups in total. The smallest absolute Gasteiger partial charge is 0.349 e. The van der Waals surface area contributed by atoms with Crippen molar-refractivity contribution in [1.29, 1.82) is 0 Å². The molecule has 0 spiro atoms. The number of nitrogens with two attached hydrogens (primary N) is 1. The quantitative estimate of drug-likeness (QED) is 0.458. The summed E-state index contributed by atoms with van der Waals surface area (Å²) in [6, 6.07) is 15.8. The number of amides is 2. The maximum Gasteiger partial charge on any atom is 0.349 e. The first-order valence-electron chi connectivity index (χ1n) is 9.31. The minimum atomic E-state index is -0.813. The van der Waals surface area contributed by atoms with Crippen LogP contribution in [0.15, 0.2) is 63.8 Å². The summed E-state index contributed by atoms with van der Waals surface area (Å²) >= 11 is 1.22. The van der Waals surface area contributed by atoms with Gasteiger partial charge in [-0.15, -0.1) is 11.3 Å². The van der Waals surface area contributed by atoms with E-state index in [1.165, 1.54) is 24.5 Å². The van der Waals surface area contributed by atoms with Gasteiger partial charge in [-0.05, 0) is 24.6 Å². The molecule has 0 bridgehead atoms. The third-order valence-electron chi connectivity index (χ3n) is 4.81. The normalized spacial score (nSPS) is 10.8. The number of ether oxygens (including phenoxy) is 1. The summed E-state index contributed by atoms with van der Waals surface area (Å²) in [5.41, 5.74) is 6.55. The van der Waals surface area contributed by atoms with Gasteiger partial charge in [-0.3, -0.25) is 9.59 Å². The molecule has 2 aromatic carbocycles. The molecule has 0 aliphatic rings. The molecule has 2 amide bonds. The van der Waals surface area contributed by atoms with E-state index in [1.54, 1.807) is 18.2 Å². The van der Waals surface area contributed by atoms with Crippen molar-refractivity contribution in [1.82, 2.24) is 0 Å². The molecule has 2 aromatic heterocycles. The van der Waals surface area contributed by atoms with E-state index in [-0.39, 0.29) is 21.7 Å². The molecule has 2 heterocycles. The van der Waals surface area contributed by atoms with Gasteiger partial charge in [0.05, 0.1) is 12.7 Å².